The van der Waals surface area contributed by atoms with Crippen LogP contribution in [-0.4, -0.2) is 14.8 Å². The van der Waals surface area contributed by atoms with Gasteiger partial charge in [0.1, 0.15) is 0 Å². The SMILES string of the molecule is CC(Oc1ccccc1F)c1nnc(SCc2ccccc2Cl)n1C(C)C. The fraction of sp³-hybridized carbons (Fsp3) is 0.300. The van der Waals surface area contributed by atoms with Crippen molar-refractivity contribution in [2.75, 3.05) is 0 Å². The van der Waals surface area contributed by atoms with Gasteiger partial charge in [0.25, 0.3) is 0 Å². The molecular formula is C20H21ClFN3OS. The molecule has 3 aromatic rings. The summed E-state index contributed by atoms with van der Waals surface area (Å²) in [5.41, 5.74) is 1.04. The highest BCUT2D eigenvalue weighted by molar-refractivity contribution is 7.98. The van der Waals surface area contributed by atoms with Gasteiger partial charge in [-0.15, -0.1) is 10.2 Å². The molecule has 0 saturated heterocycles. The van der Waals surface area contributed by atoms with Crippen molar-refractivity contribution in [2.45, 2.75) is 43.8 Å². The summed E-state index contributed by atoms with van der Waals surface area (Å²) in [6.45, 7) is 5.96. The maximum atomic E-state index is 13.9. The number of aromatic nitrogens is 3. The number of hydrogen-bond donors (Lipinski definition) is 0. The van der Waals surface area contributed by atoms with Gasteiger partial charge in [0.2, 0.25) is 0 Å². The lowest BCUT2D eigenvalue weighted by molar-refractivity contribution is 0.198. The third-order valence-corrected chi connectivity index (χ3v) is 5.39. The van der Waals surface area contributed by atoms with E-state index in [1.165, 1.54) is 6.07 Å². The number of halogens is 2. The number of rotatable bonds is 7. The third kappa shape index (κ3) is 4.62. The molecule has 0 aliphatic carbocycles. The van der Waals surface area contributed by atoms with Gasteiger partial charge in [-0.1, -0.05) is 53.7 Å². The van der Waals surface area contributed by atoms with Gasteiger partial charge in [-0.2, -0.15) is 0 Å². The lowest BCUT2D eigenvalue weighted by atomic mass is 10.2. The van der Waals surface area contributed by atoms with Crippen molar-refractivity contribution in [3.05, 3.63) is 70.8 Å². The van der Waals surface area contributed by atoms with E-state index < -0.39 is 11.9 Å². The highest BCUT2D eigenvalue weighted by atomic mass is 35.5. The first-order valence-corrected chi connectivity index (χ1v) is 10.1. The Labute approximate surface area is 167 Å². The van der Waals surface area contributed by atoms with E-state index in [0.717, 1.165) is 15.7 Å². The number of ether oxygens (including phenoxy) is 1. The molecule has 0 fully saturated rings. The average molecular weight is 406 g/mol. The topological polar surface area (TPSA) is 39.9 Å². The molecule has 0 aliphatic rings. The molecule has 27 heavy (non-hydrogen) atoms. The molecule has 0 N–H and O–H groups in total. The summed E-state index contributed by atoms with van der Waals surface area (Å²) >= 11 is 7.81. The molecule has 1 aromatic heterocycles. The standard InChI is InChI=1S/C20H21ClFN3OS/c1-13(2)25-19(14(3)26-18-11-7-6-10-17(18)22)23-24-20(25)27-12-15-8-4-5-9-16(15)21/h4-11,13-14H,12H2,1-3H3. The second-order valence-electron chi connectivity index (χ2n) is 6.38. The molecule has 0 radical (unpaired) electrons. The van der Waals surface area contributed by atoms with Gasteiger partial charge >= 0.3 is 0 Å². The first-order chi connectivity index (χ1) is 13.0. The van der Waals surface area contributed by atoms with Crippen molar-refractivity contribution in [2.24, 2.45) is 0 Å². The second-order valence-corrected chi connectivity index (χ2v) is 7.72. The van der Waals surface area contributed by atoms with Crippen molar-refractivity contribution in [1.82, 2.24) is 14.8 Å². The Morgan fingerprint density at radius 3 is 2.48 bits per heavy atom. The summed E-state index contributed by atoms with van der Waals surface area (Å²) in [4.78, 5) is 0. The second kappa shape index (κ2) is 8.76. The van der Waals surface area contributed by atoms with Crippen LogP contribution in [0.5, 0.6) is 5.75 Å². The van der Waals surface area contributed by atoms with Crippen LogP contribution in [0.15, 0.2) is 53.7 Å². The maximum absolute atomic E-state index is 13.9. The van der Waals surface area contributed by atoms with Crippen LogP contribution < -0.4 is 4.74 Å². The van der Waals surface area contributed by atoms with Crippen molar-refractivity contribution in [3.8, 4) is 5.75 Å². The summed E-state index contributed by atoms with van der Waals surface area (Å²) in [7, 11) is 0. The predicted octanol–water partition coefficient (Wildman–Crippen LogP) is 6.08. The fourth-order valence-electron chi connectivity index (χ4n) is 2.69. The Balaban J connectivity index is 1.80. The molecule has 0 spiro atoms. The van der Waals surface area contributed by atoms with E-state index in [2.05, 4.69) is 24.0 Å². The molecule has 0 amide bonds. The minimum absolute atomic E-state index is 0.135. The summed E-state index contributed by atoms with van der Waals surface area (Å²) in [5, 5.41) is 10.2. The molecule has 0 saturated carbocycles. The van der Waals surface area contributed by atoms with Crippen LogP contribution in [0, 0.1) is 5.82 Å². The van der Waals surface area contributed by atoms with Crippen LogP contribution in [0.1, 0.15) is 44.3 Å². The number of nitrogens with zero attached hydrogens (tertiary/aromatic N) is 3. The number of hydrogen-bond acceptors (Lipinski definition) is 4. The molecule has 2 aromatic carbocycles. The summed E-state index contributed by atoms with van der Waals surface area (Å²) in [6.07, 6.45) is -0.438. The first-order valence-electron chi connectivity index (χ1n) is 8.69. The van der Waals surface area contributed by atoms with Gasteiger partial charge in [0.05, 0.1) is 0 Å². The Bertz CT molecular complexity index is 916. The smallest absolute Gasteiger partial charge is 0.191 e. The largest absolute Gasteiger partial charge is 0.480 e. The first kappa shape index (κ1) is 19.7. The van der Waals surface area contributed by atoms with Crippen molar-refractivity contribution in [3.63, 3.8) is 0 Å². The lowest BCUT2D eigenvalue weighted by Gasteiger charge is -2.19. The molecule has 4 nitrogen and oxygen atoms in total. The van der Waals surface area contributed by atoms with Gasteiger partial charge in [-0.3, -0.25) is 0 Å². The zero-order chi connectivity index (χ0) is 19.4. The van der Waals surface area contributed by atoms with Crippen LogP contribution in [0.4, 0.5) is 4.39 Å². The Kier molecular flexibility index (Phi) is 6.39. The molecular weight excluding hydrogens is 385 g/mol. The van der Waals surface area contributed by atoms with E-state index in [-0.39, 0.29) is 11.8 Å². The van der Waals surface area contributed by atoms with Gasteiger partial charge in [0, 0.05) is 16.8 Å². The molecule has 1 atom stereocenters. The summed E-state index contributed by atoms with van der Waals surface area (Å²) in [6, 6.07) is 14.2. The monoisotopic (exact) mass is 405 g/mol. The normalized spacial score (nSPS) is 12.4. The zero-order valence-electron chi connectivity index (χ0n) is 15.4. The van der Waals surface area contributed by atoms with E-state index in [4.69, 9.17) is 16.3 Å². The van der Waals surface area contributed by atoms with E-state index in [1.807, 2.05) is 35.8 Å². The Morgan fingerprint density at radius 2 is 1.78 bits per heavy atom. The van der Waals surface area contributed by atoms with Crippen molar-refractivity contribution in [1.29, 1.82) is 0 Å². The van der Waals surface area contributed by atoms with Crippen LogP contribution in [0.3, 0.4) is 0 Å². The third-order valence-electron chi connectivity index (χ3n) is 4.03. The highest BCUT2D eigenvalue weighted by Gasteiger charge is 2.22. The van der Waals surface area contributed by atoms with E-state index in [0.29, 0.717) is 11.6 Å². The van der Waals surface area contributed by atoms with Gasteiger partial charge in [-0.25, -0.2) is 4.39 Å². The summed E-state index contributed by atoms with van der Waals surface area (Å²) < 4.78 is 21.7. The molecule has 7 heteroatoms. The molecule has 1 heterocycles. The van der Waals surface area contributed by atoms with Crippen LogP contribution in [0.25, 0.3) is 0 Å². The fourth-order valence-corrected chi connectivity index (χ4v) is 4.05. The van der Waals surface area contributed by atoms with Gasteiger partial charge in [0.15, 0.2) is 28.7 Å². The molecule has 1 unspecified atom stereocenters. The highest BCUT2D eigenvalue weighted by Crippen LogP contribution is 2.31. The zero-order valence-corrected chi connectivity index (χ0v) is 17.0. The minimum atomic E-state index is -0.438. The van der Waals surface area contributed by atoms with Gasteiger partial charge in [-0.05, 0) is 44.5 Å². The van der Waals surface area contributed by atoms with Crippen LogP contribution in [0.2, 0.25) is 5.02 Å². The Hall–Kier alpha value is -2.05. The van der Waals surface area contributed by atoms with Crippen molar-refractivity contribution >= 4 is 23.4 Å². The molecule has 0 bridgehead atoms. The average Bonchev–Trinajstić information content (AvgIpc) is 3.07. The molecule has 3 rings (SSSR count). The lowest BCUT2D eigenvalue weighted by Crippen LogP contribution is -2.14. The van der Waals surface area contributed by atoms with Crippen LogP contribution in [-0.2, 0) is 5.75 Å². The number of benzene rings is 2. The van der Waals surface area contributed by atoms with E-state index in [1.54, 1.807) is 30.0 Å². The van der Waals surface area contributed by atoms with Crippen LogP contribution >= 0.6 is 23.4 Å². The number of thioether (sulfide) groups is 1. The molecule has 0 aliphatic heterocycles. The number of para-hydroxylation sites is 1. The van der Waals surface area contributed by atoms with E-state index in [9.17, 15) is 4.39 Å². The quantitative estimate of drug-likeness (QED) is 0.446. The molecule has 142 valence electrons. The van der Waals surface area contributed by atoms with Gasteiger partial charge < -0.3 is 9.30 Å². The summed E-state index contributed by atoms with van der Waals surface area (Å²) in [5.74, 6) is 1.16. The Morgan fingerprint density at radius 1 is 1.07 bits per heavy atom. The minimum Gasteiger partial charge on any atom is -0.480 e. The predicted molar refractivity (Wildman–Crippen MR) is 107 cm³/mol. The maximum Gasteiger partial charge on any atom is 0.191 e. The van der Waals surface area contributed by atoms with E-state index >= 15 is 0 Å². The van der Waals surface area contributed by atoms with Crippen molar-refractivity contribution < 1.29 is 9.13 Å².